The largest absolute Gasteiger partial charge is 0.353 e. The molecule has 0 aromatic heterocycles. The summed E-state index contributed by atoms with van der Waals surface area (Å²) < 4.78 is 0. The highest BCUT2D eigenvalue weighted by atomic mass is 16.1. The maximum atomic E-state index is 12.0. The topological polar surface area (TPSA) is 55.1 Å². The Labute approximate surface area is 99.2 Å². The smallest absolute Gasteiger partial charge is 0.223 e. The van der Waals surface area contributed by atoms with Crippen LogP contribution in [-0.4, -0.2) is 18.0 Å². The maximum Gasteiger partial charge on any atom is 0.223 e. The van der Waals surface area contributed by atoms with E-state index < -0.39 is 0 Å². The Kier molecular flexibility index (Phi) is 4.78. The molecule has 94 valence electrons. The second kappa shape index (κ2) is 5.67. The minimum absolute atomic E-state index is 0.125. The molecule has 3 N–H and O–H groups in total. The first-order chi connectivity index (χ1) is 7.40. The first-order valence-corrected chi connectivity index (χ1v) is 6.46. The first-order valence-electron chi connectivity index (χ1n) is 6.46. The predicted octanol–water partition coefficient (Wildman–Crippen LogP) is 1.91. The number of hydrogen-bond donors (Lipinski definition) is 2. The number of amides is 1. The van der Waals surface area contributed by atoms with Crippen LogP contribution in [0.1, 0.15) is 47.0 Å². The highest BCUT2D eigenvalue weighted by molar-refractivity contribution is 5.79. The molecule has 16 heavy (non-hydrogen) atoms. The van der Waals surface area contributed by atoms with Crippen molar-refractivity contribution in [2.24, 2.45) is 23.5 Å². The number of nitrogens with two attached hydrogens (primary N) is 1. The molecule has 0 aromatic rings. The number of nitrogens with one attached hydrogen (secondary N) is 1. The second-order valence-electron chi connectivity index (χ2n) is 5.81. The second-order valence-corrected chi connectivity index (χ2v) is 5.81. The molecule has 0 aliphatic heterocycles. The Morgan fingerprint density at radius 3 is 2.38 bits per heavy atom. The Balaban J connectivity index is 2.47. The van der Waals surface area contributed by atoms with Crippen LogP contribution in [0.2, 0.25) is 0 Å². The fraction of sp³-hybridized carbons (Fsp3) is 0.923. The zero-order valence-electron chi connectivity index (χ0n) is 11.0. The highest BCUT2D eigenvalue weighted by Gasteiger charge is 2.29. The van der Waals surface area contributed by atoms with Crippen molar-refractivity contribution >= 4 is 5.91 Å². The van der Waals surface area contributed by atoms with Crippen molar-refractivity contribution in [3.63, 3.8) is 0 Å². The van der Waals surface area contributed by atoms with E-state index in [1.54, 1.807) is 0 Å². The lowest BCUT2D eigenvalue weighted by molar-refractivity contribution is -0.127. The van der Waals surface area contributed by atoms with Gasteiger partial charge in [-0.15, -0.1) is 0 Å². The van der Waals surface area contributed by atoms with Crippen LogP contribution < -0.4 is 11.1 Å². The molecule has 0 heterocycles. The van der Waals surface area contributed by atoms with E-state index in [1.165, 1.54) is 0 Å². The van der Waals surface area contributed by atoms with Gasteiger partial charge in [-0.05, 0) is 38.0 Å². The van der Waals surface area contributed by atoms with Crippen LogP contribution in [0.5, 0.6) is 0 Å². The van der Waals surface area contributed by atoms with Crippen LogP contribution in [-0.2, 0) is 4.79 Å². The summed E-state index contributed by atoms with van der Waals surface area (Å²) in [6.07, 6.45) is 2.90. The molecule has 0 saturated heterocycles. The molecule has 0 aromatic carbocycles. The van der Waals surface area contributed by atoms with E-state index in [1.807, 2.05) is 0 Å². The molecule has 1 amide bonds. The highest BCUT2D eigenvalue weighted by Crippen LogP contribution is 2.28. The van der Waals surface area contributed by atoms with Gasteiger partial charge in [0.2, 0.25) is 5.91 Å². The molecule has 3 heteroatoms. The molecule has 1 aliphatic carbocycles. The van der Waals surface area contributed by atoms with Crippen LogP contribution >= 0.6 is 0 Å². The molecule has 1 rings (SSSR count). The minimum Gasteiger partial charge on any atom is -0.353 e. The number of hydrogen-bond acceptors (Lipinski definition) is 2. The van der Waals surface area contributed by atoms with Gasteiger partial charge in [-0.25, -0.2) is 0 Å². The zero-order chi connectivity index (χ0) is 12.3. The Bertz CT molecular complexity index is 230. The van der Waals surface area contributed by atoms with Crippen LogP contribution in [0.4, 0.5) is 0 Å². The van der Waals surface area contributed by atoms with E-state index in [0.29, 0.717) is 11.8 Å². The van der Waals surface area contributed by atoms with Crippen LogP contribution in [0.15, 0.2) is 0 Å². The van der Waals surface area contributed by atoms with Crippen LogP contribution in [0.3, 0.4) is 0 Å². The van der Waals surface area contributed by atoms with Crippen molar-refractivity contribution in [2.45, 2.75) is 59.0 Å². The molecule has 4 atom stereocenters. The van der Waals surface area contributed by atoms with Crippen LogP contribution in [0, 0.1) is 17.8 Å². The molecule has 4 unspecified atom stereocenters. The molecule has 0 bridgehead atoms. The molecule has 0 radical (unpaired) electrons. The van der Waals surface area contributed by atoms with E-state index in [2.05, 4.69) is 33.0 Å². The maximum absolute atomic E-state index is 12.0. The lowest BCUT2D eigenvalue weighted by Gasteiger charge is -2.31. The van der Waals surface area contributed by atoms with Crippen molar-refractivity contribution < 1.29 is 4.79 Å². The molecule has 1 fully saturated rings. The average molecular weight is 226 g/mol. The molecule has 3 nitrogen and oxygen atoms in total. The van der Waals surface area contributed by atoms with Gasteiger partial charge in [0, 0.05) is 18.0 Å². The summed E-state index contributed by atoms with van der Waals surface area (Å²) in [7, 11) is 0. The quantitative estimate of drug-likeness (QED) is 0.772. The van der Waals surface area contributed by atoms with Crippen LogP contribution in [0.25, 0.3) is 0 Å². The minimum atomic E-state index is 0.125. The predicted molar refractivity (Wildman–Crippen MR) is 66.9 cm³/mol. The third-order valence-corrected chi connectivity index (χ3v) is 3.72. The van der Waals surface area contributed by atoms with Gasteiger partial charge in [-0.3, -0.25) is 4.79 Å². The number of rotatable bonds is 3. The Morgan fingerprint density at radius 1 is 1.25 bits per heavy atom. The van der Waals surface area contributed by atoms with E-state index in [4.69, 9.17) is 5.73 Å². The summed E-state index contributed by atoms with van der Waals surface area (Å²) in [4.78, 5) is 12.0. The summed E-state index contributed by atoms with van der Waals surface area (Å²) in [5.74, 6) is 1.38. The van der Waals surface area contributed by atoms with Crippen molar-refractivity contribution in [2.75, 3.05) is 0 Å². The normalized spacial score (nSPS) is 32.5. The summed E-state index contributed by atoms with van der Waals surface area (Å²) in [6, 6.07) is 0.454. The third-order valence-electron chi connectivity index (χ3n) is 3.72. The zero-order valence-corrected chi connectivity index (χ0v) is 11.0. The standard InChI is InChI=1S/C13H26N2O/c1-8(2)10(4)15-13(16)11-5-9(3)6-12(14)7-11/h8-12H,5-7,14H2,1-4H3,(H,15,16). The van der Waals surface area contributed by atoms with Gasteiger partial charge >= 0.3 is 0 Å². The lowest BCUT2D eigenvalue weighted by Crippen LogP contribution is -2.44. The lowest BCUT2D eigenvalue weighted by atomic mass is 9.79. The molecular weight excluding hydrogens is 200 g/mol. The summed E-state index contributed by atoms with van der Waals surface area (Å²) in [5, 5.41) is 3.10. The van der Waals surface area contributed by atoms with Gasteiger partial charge < -0.3 is 11.1 Å². The van der Waals surface area contributed by atoms with Gasteiger partial charge in [0.25, 0.3) is 0 Å². The van der Waals surface area contributed by atoms with Gasteiger partial charge in [-0.2, -0.15) is 0 Å². The average Bonchev–Trinajstić information content (AvgIpc) is 2.15. The Morgan fingerprint density at radius 2 is 1.88 bits per heavy atom. The molecule has 0 spiro atoms. The Hall–Kier alpha value is -0.570. The summed E-state index contributed by atoms with van der Waals surface area (Å²) >= 11 is 0. The fourth-order valence-corrected chi connectivity index (χ4v) is 2.38. The molecule has 1 saturated carbocycles. The van der Waals surface area contributed by atoms with Gasteiger partial charge in [0.15, 0.2) is 0 Å². The molecule has 1 aliphatic rings. The summed E-state index contributed by atoms with van der Waals surface area (Å²) in [6.45, 7) is 8.50. The SMILES string of the molecule is CC1CC(N)CC(C(=O)NC(C)C(C)C)C1. The van der Waals surface area contributed by atoms with E-state index >= 15 is 0 Å². The third kappa shape index (κ3) is 3.78. The van der Waals surface area contributed by atoms with Gasteiger partial charge in [0.05, 0.1) is 0 Å². The monoisotopic (exact) mass is 226 g/mol. The van der Waals surface area contributed by atoms with Gasteiger partial charge in [-0.1, -0.05) is 20.8 Å². The van der Waals surface area contributed by atoms with Crippen molar-refractivity contribution in [1.29, 1.82) is 0 Å². The van der Waals surface area contributed by atoms with Crippen molar-refractivity contribution in [3.05, 3.63) is 0 Å². The summed E-state index contributed by atoms with van der Waals surface area (Å²) in [5.41, 5.74) is 5.96. The van der Waals surface area contributed by atoms with E-state index in [-0.39, 0.29) is 23.9 Å². The van der Waals surface area contributed by atoms with E-state index in [9.17, 15) is 4.79 Å². The van der Waals surface area contributed by atoms with E-state index in [0.717, 1.165) is 19.3 Å². The van der Waals surface area contributed by atoms with Gasteiger partial charge in [0.1, 0.15) is 0 Å². The van der Waals surface area contributed by atoms with Crippen molar-refractivity contribution in [1.82, 2.24) is 5.32 Å². The number of carbonyl (C=O) groups is 1. The fourth-order valence-electron chi connectivity index (χ4n) is 2.38. The molecular formula is C13H26N2O. The van der Waals surface area contributed by atoms with Crippen molar-refractivity contribution in [3.8, 4) is 0 Å². The first kappa shape index (κ1) is 13.5. The number of carbonyl (C=O) groups excluding carboxylic acids is 1.